The van der Waals surface area contributed by atoms with Gasteiger partial charge in [-0.3, -0.25) is 9.88 Å². The number of aromatic nitrogens is 1. The average Bonchev–Trinajstić information content (AvgIpc) is 2.54. The van der Waals surface area contributed by atoms with E-state index in [2.05, 4.69) is 43.6 Å². The van der Waals surface area contributed by atoms with Gasteiger partial charge in [0.25, 0.3) is 0 Å². The first kappa shape index (κ1) is 15.9. The van der Waals surface area contributed by atoms with Gasteiger partial charge in [-0.25, -0.2) is 0 Å². The second-order valence-electron chi connectivity index (χ2n) is 5.73. The summed E-state index contributed by atoms with van der Waals surface area (Å²) in [4.78, 5) is 6.56. The highest BCUT2D eigenvalue weighted by Crippen LogP contribution is 2.36. The largest absolute Gasteiger partial charge is 0.386 e. The van der Waals surface area contributed by atoms with Gasteiger partial charge in [0.1, 0.15) is 0 Å². The van der Waals surface area contributed by atoms with Crippen LogP contribution in [0.3, 0.4) is 0 Å². The van der Waals surface area contributed by atoms with Crippen LogP contribution in [0.4, 0.5) is 0 Å². The molecule has 1 aromatic heterocycles. The van der Waals surface area contributed by atoms with Crippen molar-refractivity contribution in [2.75, 3.05) is 13.1 Å². The van der Waals surface area contributed by atoms with Crippen LogP contribution in [0.5, 0.6) is 0 Å². The summed E-state index contributed by atoms with van der Waals surface area (Å²) >= 11 is 0. The van der Waals surface area contributed by atoms with Crippen molar-refractivity contribution >= 4 is 10.8 Å². The van der Waals surface area contributed by atoms with E-state index < -0.39 is 6.10 Å². The van der Waals surface area contributed by atoms with Crippen LogP contribution in [0.15, 0.2) is 36.7 Å². The minimum Gasteiger partial charge on any atom is -0.386 e. The van der Waals surface area contributed by atoms with Crippen LogP contribution in [0, 0.1) is 0 Å². The van der Waals surface area contributed by atoms with Crippen molar-refractivity contribution < 1.29 is 5.11 Å². The van der Waals surface area contributed by atoms with E-state index in [0.717, 1.165) is 35.8 Å². The molecule has 0 aliphatic carbocycles. The number of aliphatic hydroxyl groups is 1. The maximum Gasteiger partial charge on any atom is 0.0977 e. The lowest BCUT2D eigenvalue weighted by atomic mass is 9.83. The Balaban J connectivity index is 2.52. The van der Waals surface area contributed by atoms with Gasteiger partial charge >= 0.3 is 0 Å². The first-order valence-corrected chi connectivity index (χ1v) is 7.84. The molecule has 0 fully saturated rings. The lowest BCUT2D eigenvalue weighted by molar-refractivity contribution is -0.0206. The molecule has 0 radical (unpaired) electrons. The summed E-state index contributed by atoms with van der Waals surface area (Å²) in [5.74, 6) is 0. The summed E-state index contributed by atoms with van der Waals surface area (Å²) in [5, 5.41) is 13.3. The normalized spacial score (nSPS) is 16.1. The zero-order valence-corrected chi connectivity index (χ0v) is 13.5. The van der Waals surface area contributed by atoms with Crippen molar-refractivity contribution in [3.05, 3.63) is 42.2 Å². The van der Waals surface area contributed by atoms with E-state index in [1.54, 1.807) is 6.20 Å². The van der Waals surface area contributed by atoms with Crippen molar-refractivity contribution in [3.8, 4) is 0 Å². The van der Waals surface area contributed by atoms with Crippen LogP contribution in [-0.4, -0.2) is 33.6 Å². The summed E-state index contributed by atoms with van der Waals surface area (Å²) < 4.78 is 0. The maximum atomic E-state index is 11.1. The molecule has 21 heavy (non-hydrogen) atoms. The SMILES string of the molecule is CCN(CC)C(C)(CC)C(O)c1cccc2ccncc12. The number of likely N-dealkylation sites (N-methyl/N-ethyl adjacent to an activating group) is 1. The molecule has 0 saturated carbocycles. The lowest BCUT2D eigenvalue weighted by Crippen LogP contribution is -2.50. The van der Waals surface area contributed by atoms with Crippen LogP contribution in [-0.2, 0) is 0 Å². The number of aliphatic hydroxyl groups excluding tert-OH is 1. The maximum absolute atomic E-state index is 11.1. The van der Waals surface area contributed by atoms with Gasteiger partial charge in [-0.15, -0.1) is 0 Å². The molecule has 3 nitrogen and oxygen atoms in total. The molecule has 114 valence electrons. The summed E-state index contributed by atoms with van der Waals surface area (Å²) in [6.45, 7) is 10.5. The average molecular weight is 286 g/mol. The van der Waals surface area contributed by atoms with Gasteiger partial charge in [0.05, 0.1) is 6.10 Å². The topological polar surface area (TPSA) is 36.4 Å². The zero-order chi connectivity index (χ0) is 15.5. The Kier molecular flexibility index (Phi) is 4.96. The second kappa shape index (κ2) is 6.54. The van der Waals surface area contributed by atoms with Crippen molar-refractivity contribution in [1.82, 2.24) is 9.88 Å². The molecule has 1 aromatic carbocycles. The highest BCUT2D eigenvalue weighted by Gasteiger charge is 2.37. The number of nitrogens with zero attached hydrogens (tertiary/aromatic N) is 2. The standard InChI is InChI=1S/C18H26N2O/c1-5-18(4,20(6-2)7-3)17(21)15-10-8-9-14-11-12-19-13-16(14)15/h8-13,17,21H,5-7H2,1-4H3. The third-order valence-electron chi connectivity index (χ3n) is 4.80. The van der Waals surface area contributed by atoms with E-state index in [-0.39, 0.29) is 5.54 Å². The molecule has 0 amide bonds. The predicted molar refractivity (Wildman–Crippen MR) is 88.3 cm³/mol. The highest BCUT2D eigenvalue weighted by atomic mass is 16.3. The Morgan fingerprint density at radius 2 is 1.90 bits per heavy atom. The minimum atomic E-state index is -0.532. The number of hydrogen-bond donors (Lipinski definition) is 1. The Morgan fingerprint density at radius 1 is 1.19 bits per heavy atom. The fourth-order valence-electron chi connectivity index (χ4n) is 3.25. The molecular formula is C18H26N2O. The summed E-state index contributed by atoms with van der Waals surface area (Å²) in [5.41, 5.74) is 0.699. The number of pyridine rings is 1. The zero-order valence-electron chi connectivity index (χ0n) is 13.5. The number of fused-ring (bicyclic) bond motifs is 1. The van der Waals surface area contributed by atoms with Crippen LogP contribution < -0.4 is 0 Å². The van der Waals surface area contributed by atoms with Gasteiger partial charge in [0.2, 0.25) is 0 Å². The van der Waals surface area contributed by atoms with E-state index in [1.807, 2.05) is 24.4 Å². The first-order valence-electron chi connectivity index (χ1n) is 7.84. The molecule has 2 unspecified atom stereocenters. The second-order valence-corrected chi connectivity index (χ2v) is 5.73. The van der Waals surface area contributed by atoms with Gasteiger partial charge in [-0.1, -0.05) is 39.0 Å². The third kappa shape index (κ3) is 2.81. The Morgan fingerprint density at radius 3 is 2.52 bits per heavy atom. The van der Waals surface area contributed by atoms with E-state index >= 15 is 0 Å². The predicted octanol–water partition coefficient (Wildman–Crippen LogP) is 3.78. The Hall–Kier alpha value is -1.45. The molecule has 0 spiro atoms. The van der Waals surface area contributed by atoms with Gasteiger partial charge in [-0.2, -0.15) is 0 Å². The summed E-state index contributed by atoms with van der Waals surface area (Å²) in [6, 6.07) is 8.09. The number of hydrogen-bond acceptors (Lipinski definition) is 3. The van der Waals surface area contributed by atoms with Gasteiger partial charge in [-0.05, 0) is 43.5 Å². The van der Waals surface area contributed by atoms with E-state index in [0.29, 0.717) is 0 Å². The fourth-order valence-corrected chi connectivity index (χ4v) is 3.25. The van der Waals surface area contributed by atoms with Crippen LogP contribution >= 0.6 is 0 Å². The van der Waals surface area contributed by atoms with Crippen molar-refractivity contribution in [1.29, 1.82) is 0 Å². The molecule has 0 aliphatic heterocycles. The fraction of sp³-hybridized carbons (Fsp3) is 0.500. The van der Waals surface area contributed by atoms with Gasteiger partial charge < -0.3 is 5.11 Å². The van der Waals surface area contributed by atoms with Gasteiger partial charge in [0.15, 0.2) is 0 Å². The molecule has 0 aliphatic rings. The van der Waals surface area contributed by atoms with Crippen LogP contribution in [0.25, 0.3) is 10.8 Å². The molecule has 2 rings (SSSR count). The number of benzene rings is 1. The van der Waals surface area contributed by atoms with E-state index in [1.165, 1.54) is 0 Å². The van der Waals surface area contributed by atoms with Crippen molar-refractivity contribution in [3.63, 3.8) is 0 Å². The quantitative estimate of drug-likeness (QED) is 0.878. The van der Waals surface area contributed by atoms with E-state index in [9.17, 15) is 5.11 Å². The van der Waals surface area contributed by atoms with Gasteiger partial charge in [0, 0.05) is 23.3 Å². The minimum absolute atomic E-state index is 0.270. The van der Waals surface area contributed by atoms with Crippen LogP contribution in [0.2, 0.25) is 0 Å². The Bertz CT molecular complexity index is 589. The summed E-state index contributed by atoms with van der Waals surface area (Å²) in [6.07, 6.45) is 4.01. The number of rotatable bonds is 6. The first-order chi connectivity index (χ1) is 10.1. The summed E-state index contributed by atoms with van der Waals surface area (Å²) in [7, 11) is 0. The highest BCUT2D eigenvalue weighted by molar-refractivity contribution is 5.85. The molecule has 0 saturated heterocycles. The Labute approximate surface area is 127 Å². The molecule has 3 heteroatoms. The van der Waals surface area contributed by atoms with Crippen molar-refractivity contribution in [2.24, 2.45) is 0 Å². The molecule has 2 atom stereocenters. The molecule has 0 bridgehead atoms. The van der Waals surface area contributed by atoms with Crippen LogP contribution in [0.1, 0.15) is 45.8 Å². The lowest BCUT2D eigenvalue weighted by Gasteiger charge is -2.43. The monoisotopic (exact) mass is 286 g/mol. The molecule has 1 N–H and O–H groups in total. The molecule has 2 aromatic rings. The third-order valence-corrected chi connectivity index (χ3v) is 4.80. The van der Waals surface area contributed by atoms with Crippen molar-refractivity contribution in [2.45, 2.75) is 45.8 Å². The smallest absolute Gasteiger partial charge is 0.0977 e. The molecular weight excluding hydrogens is 260 g/mol. The molecule has 1 heterocycles. The van der Waals surface area contributed by atoms with E-state index in [4.69, 9.17) is 0 Å².